The second-order valence-electron chi connectivity index (χ2n) is 20.4. The summed E-state index contributed by atoms with van der Waals surface area (Å²) in [5, 5.41) is 0. The van der Waals surface area contributed by atoms with Crippen LogP contribution in [0.5, 0.6) is 0 Å². The first-order valence-corrected chi connectivity index (χ1v) is 22.4. The Balaban J connectivity index is 1.22. The van der Waals surface area contributed by atoms with E-state index >= 15 is 0 Å². The molecule has 15 unspecified atom stereocenters. The molecule has 0 bridgehead atoms. The molecule has 8 fully saturated rings. The number of fused-ring (bicyclic) bond motifs is 13. The summed E-state index contributed by atoms with van der Waals surface area (Å²) in [6, 6.07) is 0. The standard InChI is InChI=1S/C46H78/c1-7-29(8-2)33-23-34(30(9-3)10-4)27-46(26-33)42-22-21-37-40(24-32-20-19-31-15-11-12-16-35(31)43(32)37)44(42)41-25-39(28(5)6)36-17-13-14-18-38(36)45(41)46/h28-45H,7-27H2,1-6H3. The van der Waals surface area contributed by atoms with E-state index in [4.69, 9.17) is 0 Å². The first-order valence-electron chi connectivity index (χ1n) is 22.4. The summed E-state index contributed by atoms with van der Waals surface area (Å²) in [7, 11) is 0. The fraction of sp³-hybridized carbons (Fsp3) is 1.00. The molecule has 0 N–H and O–H groups in total. The average Bonchev–Trinajstić information content (AvgIpc) is 3.59. The second-order valence-corrected chi connectivity index (χ2v) is 20.4. The highest BCUT2D eigenvalue weighted by Crippen LogP contribution is 2.77. The molecular formula is C46H78. The van der Waals surface area contributed by atoms with E-state index in [1.807, 2.05) is 0 Å². The zero-order valence-electron chi connectivity index (χ0n) is 31.7. The fourth-order valence-corrected chi connectivity index (χ4v) is 18.0. The molecule has 1 spiro atoms. The lowest BCUT2D eigenvalue weighted by Crippen LogP contribution is -2.51. The lowest BCUT2D eigenvalue weighted by Gasteiger charge is -2.59. The van der Waals surface area contributed by atoms with Crippen LogP contribution < -0.4 is 0 Å². The molecule has 8 saturated carbocycles. The first kappa shape index (κ1) is 33.2. The van der Waals surface area contributed by atoms with Crippen molar-refractivity contribution in [2.24, 2.45) is 112 Å². The molecule has 0 saturated heterocycles. The van der Waals surface area contributed by atoms with Crippen molar-refractivity contribution in [1.29, 1.82) is 0 Å². The molecule has 0 aliphatic heterocycles. The quantitative estimate of drug-likeness (QED) is 0.262. The van der Waals surface area contributed by atoms with Crippen molar-refractivity contribution in [3.63, 3.8) is 0 Å². The van der Waals surface area contributed by atoms with Crippen molar-refractivity contribution in [2.45, 2.75) is 176 Å². The van der Waals surface area contributed by atoms with Gasteiger partial charge in [0.1, 0.15) is 0 Å². The van der Waals surface area contributed by atoms with Gasteiger partial charge in [0.25, 0.3) is 0 Å². The summed E-state index contributed by atoms with van der Waals surface area (Å²) in [5.41, 5.74) is 0.697. The third kappa shape index (κ3) is 5.12. The summed E-state index contributed by atoms with van der Waals surface area (Å²) in [6.07, 6.45) is 33.2. The van der Waals surface area contributed by atoms with E-state index in [0.29, 0.717) is 5.41 Å². The van der Waals surface area contributed by atoms with Crippen LogP contribution in [-0.4, -0.2) is 0 Å². The molecule has 0 heterocycles. The average molecular weight is 631 g/mol. The Kier molecular flexibility index (Phi) is 9.57. The first-order chi connectivity index (χ1) is 22.4. The van der Waals surface area contributed by atoms with Gasteiger partial charge in [0.05, 0.1) is 0 Å². The molecule has 15 atom stereocenters. The molecule has 262 valence electrons. The van der Waals surface area contributed by atoms with Gasteiger partial charge in [0, 0.05) is 0 Å². The molecule has 46 heavy (non-hydrogen) atoms. The monoisotopic (exact) mass is 631 g/mol. The van der Waals surface area contributed by atoms with Crippen LogP contribution in [0.25, 0.3) is 0 Å². The van der Waals surface area contributed by atoms with Gasteiger partial charge < -0.3 is 0 Å². The van der Waals surface area contributed by atoms with Gasteiger partial charge in [-0.05, 0) is 189 Å². The SMILES string of the molecule is CCC(CC)C1CC(C(CC)CC)CC2(C1)C1CCC3C(CC4CCC5CCCCC5C43)C1C1CC(C(C)C)C3CCCCC3C12. The molecule has 0 aromatic rings. The summed E-state index contributed by atoms with van der Waals surface area (Å²) in [5.74, 6) is 19.2. The zero-order valence-corrected chi connectivity index (χ0v) is 31.7. The van der Waals surface area contributed by atoms with Crippen molar-refractivity contribution >= 4 is 0 Å². The molecular weight excluding hydrogens is 553 g/mol. The van der Waals surface area contributed by atoms with Crippen LogP contribution in [0.1, 0.15) is 176 Å². The predicted molar refractivity (Wildman–Crippen MR) is 196 cm³/mol. The molecule has 0 aromatic carbocycles. The van der Waals surface area contributed by atoms with Gasteiger partial charge in [-0.25, -0.2) is 0 Å². The van der Waals surface area contributed by atoms with Crippen molar-refractivity contribution in [1.82, 2.24) is 0 Å². The van der Waals surface area contributed by atoms with Gasteiger partial charge in [-0.15, -0.1) is 0 Å². The molecule has 0 radical (unpaired) electrons. The van der Waals surface area contributed by atoms with Gasteiger partial charge in [0.2, 0.25) is 0 Å². The Morgan fingerprint density at radius 3 is 1.76 bits per heavy atom. The van der Waals surface area contributed by atoms with E-state index in [-0.39, 0.29) is 0 Å². The second kappa shape index (κ2) is 13.3. The summed E-state index contributed by atoms with van der Waals surface area (Å²) in [4.78, 5) is 0. The van der Waals surface area contributed by atoms with Gasteiger partial charge in [-0.1, -0.05) is 99.3 Å². The van der Waals surface area contributed by atoms with E-state index < -0.39 is 0 Å². The van der Waals surface area contributed by atoms with Gasteiger partial charge >= 0.3 is 0 Å². The predicted octanol–water partition coefficient (Wildman–Crippen LogP) is 13.5. The Labute approximate surface area is 287 Å². The highest BCUT2D eigenvalue weighted by Gasteiger charge is 2.70. The molecule has 8 aliphatic carbocycles. The van der Waals surface area contributed by atoms with Gasteiger partial charge in [0.15, 0.2) is 0 Å². The molecule has 0 heteroatoms. The Morgan fingerprint density at radius 1 is 0.500 bits per heavy atom. The molecule has 8 aliphatic rings. The van der Waals surface area contributed by atoms with E-state index in [0.717, 1.165) is 107 Å². The van der Waals surface area contributed by atoms with E-state index in [9.17, 15) is 0 Å². The lowest BCUT2D eigenvalue weighted by atomic mass is 9.46. The van der Waals surface area contributed by atoms with Crippen molar-refractivity contribution in [2.75, 3.05) is 0 Å². The van der Waals surface area contributed by atoms with E-state index in [2.05, 4.69) is 41.5 Å². The van der Waals surface area contributed by atoms with Crippen LogP contribution in [0.15, 0.2) is 0 Å². The molecule has 0 nitrogen and oxygen atoms in total. The Morgan fingerprint density at radius 2 is 1.11 bits per heavy atom. The van der Waals surface area contributed by atoms with Crippen LogP contribution >= 0.6 is 0 Å². The maximum Gasteiger partial charge on any atom is -0.0227 e. The summed E-state index contributed by atoms with van der Waals surface area (Å²) in [6.45, 7) is 15.6. The minimum Gasteiger partial charge on any atom is -0.0651 e. The van der Waals surface area contributed by atoms with Crippen LogP contribution in [0, 0.1) is 112 Å². The third-order valence-electron chi connectivity index (χ3n) is 19.3. The third-order valence-corrected chi connectivity index (χ3v) is 19.3. The Bertz CT molecular complexity index is 995. The van der Waals surface area contributed by atoms with Crippen LogP contribution in [0.2, 0.25) is 0 Å². The molecule has 0 amide bonds. The van der Waals surface area contributed by atoms with E-state index in [1.165, 1.54) is 25.7 Å². The fourth-order valence-electron chi connectivity index (χ4n) is 18.0. The van der Waals surface area contributed by atoms with Crippen LogP contribution in [-0.2, 0) is 0 Å². The largest absolute Gasteiger partial charge is 0.0651 e. The normalized spacial score (nSPS) is 51.5. The highest BCUT2D eigenvalue weighted by molar-refractivity contribution is 5.18. The minimum atomic E-state index is 0.697. The maximum atomic E-state index is 2.66. The lowest BCUT2D eigenvalue weighted by molar-refractivity contribution is -0.0978. The molecule has 8 rings (SSSR count). The number of hydrogen-bond donors (Lipinski definition) is 0. The number of hydrogen-bond acceptors (Lipinski definition) is 0. The van der Waals surface area contributed by atoms with Crippen molar-refractivity contribution in [3.8, 4) is 0 Å². The van der Waals surface area contributed by atoms with Crippen molar-refractivity contribution < 1.29 is 0 Å². The topological polar surface area (TPSA) is 0 Å². The Hall–Kier alpha value is 0. The van der Waals surface area contributed by atoms with Crippen LogP contribution in [0.3, 0.4) is 0 Å². The number of rotatable bonds is 7. The smallest absolute Gasteiger partial charge is 0.0227 e. The highest BCUT2D eigenvalue weighted by atomic mass is 14.7. The molecule has 0 aromatic heterocycles. The maximum absolute atomic E-state index is 2.66. The summed E-state index contributed by atoms with van der Waals surface area (Å²) >= 11 is 0. The van der Waals surface area contributed by atoms with E-state index in [1.54, 1.807) is 109 Å². The van der Waals surface area contributed by atoms with Crippen molar-refractivity contribution in [3.05, 3.63) is 0 Å². The van der Waals surface area contributed by atoms with Crippen LogP contribution in [0.4, 0.5) is 0 Å². The van der Waals surface area contributed by atoms with Gasteiger partial charge in [-0.2, -0.15) is 0 Å². The zero-order chi connectivity index (χ0) is 31.7. The van der Waals surface area contributed by atoms with Gasteiger partial charge in [-0.3, -0.25) is 0 Å². The minimum absolute atomic E-state index is 0.697. The summed E-state index contributed by atoms with van der Waals surface area (Å²) < 4.78 is 0.